The van der Waals surface area contributed by atoms with Gasteiger partial charge in [-0.15, -0.1) is 11.6 Å². The molecule has 1 atom stereocenters. The average Bonchev–Trinajstić information content (AvgIpc) is 2.20. The summed E-state index contributed by atoms with van der Waals surface area (Å²) in [4.78, 5) is 0. The van der Waals surface area contributed by atoms with Crippen molar-refractivity contribution in [2.24, 2.45) is 11.8 Å². The molecule has 0 aromatic rings. The lowest BCUT2D eigenvalue weighted by Gasteiger charge is -2.34. The molecule has 1 saturated heterocycles. The van der Waals surface area contributed by atoms with Gasteiger partial charge in [0, 0.05) is 5.38 Å². The highest BCUT2D eigenvalue weighted by Crippen LogP contribution is 2.34. The van der Waals surface area contributed by atoms with Crippen molar-refractivity contribution in [2.45, 2.75) is 43.9 Å². The van der Waals surface area contributed by atoms with Crippen LogP contribution >= 0.6 is 11.6 Å². The molecule has 0 aromatic carbocycles. The molecule has 1 heterocycles. The Morgan fingerprint density at radius 2 is 1.69 bits per heavy atom. The summed E-state index contributed by atoms with van der Waals surface area (Å²) < 4.78 is 0. The van der Waals surface area contributed by atoms with Crippen molar-refractivity contribution in [2.75, 3.05) is 13.1 Å². The molecule has 1 N–H and O–H groups in total. The lowest BCUT2D eigenvalue weighted by molar-refractivity contribution is 0.209. The monoisotopic (exact) mass is 201 g/mol. The molecular weight excluding hydrogens is 182 g/mol. The van der Waals surface area contributed by atoms with Crippen LogP contribution in [-0.4, -0.2) is 18.5 Å². The van der Waals surface area contributed by atoms with Gasteiger partial charge in [-0.25, -0.2) is 0 Å². The molecule has 76 valence electrons. The Labute approximate surface area is 86.2 Å². The van der Waals surface area contributed by atoms with E-state index in [9.17, 15) is 0 Å². The lowest BCUT2D eigenvalue weighted by atomic mass is 9.77. The largest absolute Gasteiger partial charge is 0.316 e. The summed E-state index contributed by atoms with van der Waals surface area (Å²) in [6.45, 7) is 2.50. The second-order valence-corrected chi connectivity index (χ2v) is 5.24. The van der Waals surface area contributed by atoms with E-state index in [0.717, 1.165) is 11.8 Å². The molecule has 0 bridgehead atoms. The van der Waals surface area contributed by atoms with Crippen molar-refractivity contribution in [1.82, 2.24) is 5.32 Å². The van der Waals surface area contributed by atoms with E-state index in [1.54, 1.807) is 0 Å². The standard InChI is InChI=1S/C11H20ClN/c12-11-5-3-9(4-6-11)10-2-1-7-13-8-10/h9-11,13H,1-8H2. The summed E-state index contributed by atoms with van der Waals surface area (Å²) in [5, 5.41) is 3.99. The van der Waals surface area contributed by atoms with Gasteiger partial charge >= 0.3 is 0 Å². The number of nitrogens with one attached hydrogen (secondary N) is 1. The maximum absolute atomic E-state index is 6.11. The van der Waals surface area contributed by atoms with Gasteiger partial charge in [0.2, 0.25) is 0 Å². The molecule has 1 aliphatic heterocycles. The summed E-state index contributed by atoms with van der Waals surface area (Å²) in [6, 6.07) is 0. The van der Waals surface area contributed by atoms with Crippen LogP contribution in [0.15, 0.2) is 0 Å². The molecule has 0 radical (unpaired) electrons. The Balaban J connectivity index is 1.79. The van der Waals surface area contributed by atoms with E-state index >= 15 is 0 Å². The van der Waals surface area contributed by atoms with Crippen molar-refractivity contribution in [1.29, 1.82) is 0 Å². The van der Waals surface area contributed by atoms with E-state index in [-0.39, 0.29) is 0 Å². The van der Waals surface area contributed by atoms with Crippen LogP contribution in [0.5, 0.6) is 0 Å². The third-order valence-electron chi connectivity index (χ3n) is 3.70. The fraction of sp³-hybridized carbons (Fsp3) is 1.00. The first-order chi connectivity index (χ1) is 6.36. The quantitative estimate of drug-likeness (QED) is 0.644. The molecule has 1 aliphatic carbocycles. The zero-order valence-electron chi connectivity index (χ0n) is 8.27. The highest BCUT2D eigenvalue weighted by molar-refractivity contribution is 6.20. The number of alkyl halides is 1. The maximum atomic E-state index is 6.11. The zero-order chi connectivity index (χ0) is 9.10. The van der Waals surface area contributed by atoms with Crippen molar-refractivity contribution >= 4 is 11.6 Å². The lowest BCUT2D eigenvalue weighted by Crippen LogP contribution is -2.35. The summed E-state index contributed by atoms with van der Waals surface area (Å²) >= 11 is 6.11. The summed E-state index contributed by atoms with van der Waals surface area (Å²) in [5.74, 6) is 1.93. The molecular formula is C11H20ClN. The van der Waals surface area contributed by atoms with Gasteiger partial charge in [-0.1, -0.05) is 0 Å². The Kier molecular flexibility index (Phi) is 3.51. The Morgan fingerprint density at radius 3 is 2.31 bits per heavy atom. The molecule has 1 nitrogen and oxygen atoms in total. The SMILES string of the molecule is ClC1CCC(C2CCCNC2)CC1. The van der Waals surface area contributed by atoms with Gasteiger partial charge in [0.25, 0.3) is 0 Å². The predicted octanol–water partition coefficient (Wildman–Crippen LogP) is 2.78. The van der Waals surface area contributed by atoms with Crippen molar-refractivity contribution in [3.05, 3.63) is 0 Å². The van der Waals surface area contributed by atoms with Crippen LogP contribution in [0.4, 0.5) is 0 Å². The van der Waals surface area contributed by atoms with E-state index in [1.807, 2.05) is 0 Å². The predicted molar refractivity (Wildman–Crippen MR) is 57.2 cm³/mol. The number of piperidine rings is 1. The van der Waals surface area contributed by atoms with Gasteiger partial charge < -0.3 is 5.32 Å². The normalized spacial score (nSPS) is 41.8. The second kappa shape index (κ2) is 4.65. The van der Waals surface area contributed by atoms with Crippen molar-refractivity contribution in [3.8, 4) is 0 Å². The minimum atomic E-state index is 0.479. The fourth-order valence-electron chi connectivity index (χ4n) is 2.83. The van der Waals surface area contributed by atoms with Crippen LogP contribution in [0.3, 0.4) is 0 Å². The van der Waals surface area contributed by atoms with E-state index in [0.29, 0.717) is 5.38 Å². The molecule has 2 fully saturated rings. The van der Waals surface area contributed by atoms with E-state index in [4.69, 9.17) is 11.6 Å². The fourth-order valence-corrected chi connectivity index (χ4v) is 3.08. The average molecular weight is 202 g/mol. The van der Waals surface area contributed by atoms with E-state index < -0.39 is 0 Å². The second-order valence-electron chi connectivity index (χ2n) is 4.62. The Bertz CT molecular complexity index is 146. The molecule has 2 rings (SSSR count). The Morgan fingerprint density at radius 1 is 0.923 bits per heavy atom. The molecule has 0 amide bonds. The first-order valence-electron chi connectivity index (χ1n) is 5.71. The van der Waals surface area contributed by atoms with Crippen LogP contribution in [0.1, 0.15) is 38.5 Å². The summed E-state index contributed by atoms with van der Waals surface area (Å²) in [6.07, 6.45) is 8.09. The zero-order valence-corrected chi connectivity index (χ0v) is 9.02. The van der Waals surface area contributed by atoms with Gasteiger partial charge in [-0.2, -0.15) is 0 Å². The summed E-state index contributed by atoms with van der Waals surface area (Å²) in [7, 11) is 0. The molecule has 2 aliphatic rings. The molecule has 1 saturated carbocycles. The van der Waals surface area contributed by atoms with Crippen molar-refractivity contribution < 1.29 is 0 Å². The molecule has 1 unspecified atom stereocenters. The smallest absolute Gasteiger partial charge is 0.0336 e. The molecule has 2 heteroatoms. The van der Waals surface area contributed by atoms with Gasteiger partial charge in [0.05, 0.1) is 0 Å². The van der Waals surface area contributed by atoms with Gasteiger partial charge in [-0.3, -0.25) is 0 Å². The van der Waals surface area contributed by atoms with Crippen LogP contribution in [0, 0.1) is 11.8 Å². The third kappa shape index (κ3) is 2.60. The van der Waals surface area contributed by atoms with Gasteiger partial charge in [-0.05, 0) is 63.5 Å². The first kappa shape index (κ1) is 9.79. The van der Waals surface area contributed by atoms with Crippen LogP contribution in [0.2, 0.25) is 0 Å². The molecule has 13 heavy (non-hydrogen) atoms. The molecule has 0 spiro atoms. The highest BCUT2D eigenvalue weighted by atomic mass is 35.5. The molecule has 0 aromatic heterocycles. The maximum Gasteiger partial charge on any atom is 0.0336 e. The number of hydrogen-bond donors (Lipinski definition) is 1. The minimum absolute atomic E-state index is 0.479. The van der Waals surface area contributed by atoms with Crippen LogP contribution in [0.25, 0.3) is 0 Å². The first-order valence-corrected chi connectivity index (χ1v) is 6.14. The topological polar surface area (TPSA) is 12.0 Å². The number of halogens is 1. The third-order valence-corrected chi connectivity index (χ3v) is 4.14. The number of hydrogen-bond acceptors (Lipinski definition) is 1. The number of rotatable bonds is 1. The summed E-state index contributed by atoms with van der Waals surface area (Å²) in [5.41, 5.74) is 0. The van der Waals surface area contributed by atoms with E-state index in [2.05, 4.69) is 5.32 Å². The van der Waals surface area contributed by atoms with Crippen LogP contribution < -0.4 is 5.32 Å². The Hall–Kier alpha value is 0.250. The van der Waals surface area contributed by atoms with Crippen LogP contribution in [-0.2, 0) is 0 Å². The van der Waals surface area contributed by atoms with Gasteiger partial charge in [0.15, 0.2) is 0 Å². The minimum Gasteiger partial charge on any atom is -0.316 e. The highest BCUT2D eigenvalue weighted by Gasteiger charge is 2.27. The van der Waals surface area contributed by atoms with E-state index in [1.165, 1.54) is 51.6 Å². The van der Waals surface area contributed by atoms with Gasteiger partial charge in [0.1, 0.15) is 0 Å². The van der Waals surface area contributed by atoms with Crippen molar-refractivity contribution in [3.63, 3.8) is 0 Å².